The molecule has 3 heterocycles. The van der Waals surface area contributed by atoms with Gasteiger partial charge in [-0.25, -0.2) is 4.85 Å². The molecular formula is C21H24N4S2. The quantitative estimate of drug-likeness (QED) is 0.630. The molecule has 140 valence electrons. The van der Waals surface area contributed by atoms with Crippen molar-refractivity contribution in [1.29, 1.82) is 0 Å². The first kappa shape index (κ1) is 18.5. The van der Waals surface area contributed by atoms with Gasteiger partial charge in [0, 0.05) is 26.9 Å². The van der Waals surface area contributed by atoms with E-state index in [1.54, 1.807) is 17.5 Å². The van der Waals surface area contributed by atoms with Gasteiger partial charge < -0.3 is 5.73 Å². The zero-order valence-electron chi connectivity index (χ0n) is 15.8. The second kappa shape index (κ2) is 6.96. The maximum atomic E-state index is 7.23. The first-order valence-electron chi connectivity index (χ1n) is 9.41. The van der Waals surface area contributed by atoms with Gasteiger partial charge in [0.1, 0.15) is 0 Å². The molecule has 0 radical (unpaired) electrons. The summed E-state index contributed by atoms with van der Waals surface area (Å²) in [5.74, 6) is 0. The number of hydrogen-bond acceptors (Lipinski definition) is 5. The van der Waals surface area contributed by atoms with Crippen LogP contribution in [0.25, 0.3) is 15.3 Å². The van der Waals surface area contributed by atoms with Gasteiger partial charge in [-0.1, -0.05) is 31.0 Å². The van der Waals surface area contributed by atoms with Crippen molar-refractivity contribution in [2.45, 2.75) is 62.7 Å². The summed E-state index contributed by atoms with van der Waals surface area (Å²) >= 11 is 3.58. The number of thiophene rings is 1. The Kier molecular flexibility index (Phi) is 4.77. The number of aryl methyl sites for hydroxylation is 1. The molecule has 0 amide bonds. The monoisotopic (exact) mass is 396 g/mol. The zero-order valence-corrected chi connectivity index (χ0v) is 17.4. The number of aliphatic imine (C=N–C) groups is 1. The third-order valence-electron chi connectivity index (χ3n) is 5.65. The van der Waals surface area contributed by atoms with E-state index in [0.717, 1.165) is 22.0 Å². The Morgan fingerprint density at radius 1 is 1.19 bits per heavy atom. The van der Waals surface area contributed by atoms with Crippen LogP contribution in [0.3, 0.4) is 0 Å². The van der Waals surface area contributed by atoms with Crippen molar-refractivity contribution >= 4 is 34.0 Å². The molecule has 1 spiro atoms. The lowest BCUT2D eigenvalue weighted by molar-refractivity contribution is 0.305. The van der Waals surface area contributed by atoms with Crippen molar-refractivity contribution in [3.8, 4) is 10.4 Å². The molecule has 6 heteroatoms. The van der Waals surface area contributed by atoms with E-state index in [0.29, 0.717) is 5.69 Å². The number of hydrogen-bond donors (Lipinski definition) is 1. The lowest BCUT2D eigenvalue weighted by Crippen LogP contribution is -2.43. The minimum Gasteiger partial charge on any atom is -0.378 e. The predicted molar refractivity (Wildman–Crippen MR) is 116 cm³/mol. The largest absolute Gasteiger partial charge is 0.378 e. The molecule has 0 saturated heterocycles. The average Bonchev–Trinajstić information content (AvgIpc) is 3.04. The molecule has 4 nitrogen and oxygen atoms in total. The summed E-state index contributed by atoms with van der Waals surface area (Å²) in [6.45, 7) is 11.6. The summed E-state index contributed by atoms with van der Waals surface area (Å²) in [6.07, 6.45) is 10.9. The summed E-state index contributed by atoms with van der Waals surface area (Å²) in [6, 6.07) is 4.12. The Morgan fingerprint density at radius 3 is 2.70 bits per heavy atom. The van der Waals surface area contributed by atoms with Crippen LogP contribution < -0.4 is 5.73 Å². The molecule has 1 fully saturated rings. The molecule has 1 aliphatic heterocycles. The van der Waals surface area contributed by atoms with Crippen LogP contribution in [0.5, 0.6) is 0 Å². The zero-order chi connectivity index (χ0) is 19.1. The van der Waals surface area contributed by atoms with Crippen LogP contribution in [-0.4, -0.2) is 14.9 Å². The third-order valence-corrected chi connectivity index (χ3v) is 8.48. The number of nitrogens with two attached hydrogens (primary N) is 1. The van der Waals surface area contributed by atoms with Gasteiger partial charge in [-0.15, -0.1) is 11.3 Å². The smallest absolute Gasteiger partial charge is 0.205 e. The van der Waals surface area contributed by atoms with Gasteiger partial charge >= 0.3 is 0 Å². The van der Waals surface area contributed by atoms with Crippen LogP contribution >= 0.6 is 23.1 Å². The van der Waals surface area contributed by atoms with E-state index in [4.69, 9.17) is 17.3 Å². The Labute approximate surface area is 169 Å². The third kappa shape index (κ3) is 3.51. The summed E-state index contributed by atoms with van der Waals surface area (Å²) < 4.78 is 0.237. The molecule has 0 bridgehead atoms. The Bertz CT molecular complexity index is 934. The molecular weight excluding hydrogens is 372 g/mol. The molecule has 2 aromatic rings. The van der Waals surface area contributed by atoms with Gasteiger partial charge in [-0.05, 0) is 56.4 Å². The highest BCUT2D eigenvalue weighted by Crippen LogP contribution is 2.54. The van der Waals surface area contributed by atoms with Crippen LogP contribution in [0, 0.1) is 13.5 Å². The predicted octanol–water partition coefficient (Wildman–Crippen LogP) is 6.04. The van der Waals surface area contributed by atoms with Gasteiger partial charge in [0.25, 0.3) is 0 Å². The SMILES string of the molecule is [C-]#[N+]c1cncc(-c2cc(C)c(C3(C)CC4(CCCCC4)SC(N)=N3)s2)c1. The molecule has 1 unspecified atom stereocenters. The fraction of sp³-hybridized carbons (Fsp3) is 0.476. The first-order valence-corrected chi connectivity index (χ1v) is 11.0. The second-order valence-electron chi connectivity index (χ2n) is 7.91. The number of pyridine rings is 1. The highest BCUT2D eigenvalue weighted by molar-refractivity contribution is 8.15. The van der Waals surface area contributed by atoms with Crippen LogP contribution in [0.1, 0.15) is 55.9 Å². The van der Waals surface area contributed by atoms with E-state index in [1.165, 1.54) is 42.5 Å². The standard InChI is InChI=1S/C21H24N4S2/c1-14-9-17(15-10-16(23-3)12-24-11-15)26-18(14)20(2)13-21(27-19(22)25-20)7-5-4-6-8-21/h9-12H,4-8,13H2,1-2H3,(H2,22,25). The van der Waals surface area contributed by atoms with Crippen molar-refractivity contribution in [3.63, 3.8) is 0 Å². The number of nitrogens with zero attached hydrogens (tertiary/aromatic N) is 3. The van der Waals surface area contributed by atoms with Crippen molar-refractivity contribution in [1.82, 2.24) is 4.98 Å². The van der Waals surface area contributed by atoms with Crippen molar-refractivity contribution in [2.75, 3.05) is 0 Å². The molecule has 1 atom stereocenters. The summed E-state index contributed by atoms with van der Waals surface area (Å²) in [7, 11) is 0. The van der Waals surface area contributed by atoms with Crippen LogP contribution in [0.4, 0.5) is 5.69 Å². The highest BCUT2D eigenvalue weighted by Gasteiger charge is 2.46. The fourth-order valence-electron chi connectivity index (χ4n) is 4.58. The molecule has 1 aliphatic carbocycles. The molecule has 27 heavy (non-hydrogen) atoms. The summed E-state index contributed by atoms with van der Waals surface area (Å²) in [4.78, 5) is 15.1. The van der Waals surface area contributed by atoms with Gasteiger partial charge in [-0.2, -0.15) is 0 Å². The van der Waals surface area contributed by atoms with Gasteiger partial charge in [-0.3, -0.25) is 9.98 Å². The van der Waals surface area contributed by atoms with E-state index in [2.05, 4.69) is 29.7 Å². The lowest BCUT2D eigenvalue weighted by Gasteiger charge is -2.45. The normalized spacial score (nSPS) is 24.4. The average molecular weight is 397 g/mol. The van der Waals surface area contributed by atoms with E-state index in [-0.39, 0.29) is 10.3 Å². The van der Waals surface area contributed by atoms with Crippen molar-refractivity contribution in [2.24, 2.45) is 10.7 Å². The van der Waals surface area contributed by atoms with Gasteiger partial charge in [0.2, 0.25) is 5.69 Å². The van der Waals surface area contributed by atoms with Gasteiger partial charge in [0.15, 0.2) is 5.17 Å². The Hall–Kier alpha value is -1.84. The van der Waals surface area contributed by atoms with Crippen LogP contribution in [0.2, 0.25) is 0 Å². The van der Waals surface area contributed by atoms with E-state index >= 15 is 0 Å². The molecule has 4 rings (SSSR count). The minimum atomic E-state index is -0.273. The van der Waals surface area contributed by atoms with Gasteiger partial charge in [0.05, 0.1) is 12.1 Å². The number of amidine groups is 1. The van der Waals surface area contributed by atoms with Crippen molar-refractivity contribution in [3.05, 3.63) is 46.4 Å². The summed E-state index contributed by atoms with van der Waals surface area (Å²) in [5.41, 5.74) is 8.88. The Balaban J connectivity index is 1.73. The first-order chi connectivity index (χ1) is 12.9. The fourth-order valence-corrected chi connectivity index (χ4v) is 7.36. The van der Waals surface area contributed by atoms with E-state index < -0.39 is 0 Å². The van der Waals surface area contributed by atoms with E-state index in [1.807, 2.05) is 24.0 Å². The molecule has 1 saturated carbocycles. The maximum Gasteiger partial charge on any atom is 0.205 e. The lowest BCUT2D eigenvalue weighted by atomic mass is 9.78. The number of aromatic nitrogens is 1. The van der Waals surface area contributed by atoms with Crippen LogP contribution in [0.15, 0.2) is 29.5 Å². The summed E-state index contributed by atoms with van der Waals surface area (Å²) in [5, 5.41) is 0.733. The molecule has 0 aromatic carbocycles. The highest BCUT2D eigenvalue weighted by atomic mass is 32.2. The van der Waals surface area contributed by atoms with Crippen LogP contribution in [-0.2, 0) is 5.54 Å². The topological polar surface area (TPSA) is 55.6 Å². The Morgan fingerprint density at radius 2 is 1.96 bits per heavy atom. The molecule has 2 N–H and O–H groups in total. The van der Waals surface area contributed by atoms with E-state index in [9.17, 15) is 0 Å². The van der Waals surface area contributed by atoms with Crippen molar-refractivity contribution < 1.29 is 0 Å². The molecule has 2 aromatic heterocycles. The number of rotatable bonds is 2. The minimum absolute atomic E-state index is 0.237. The maximum absolute atomic E-state index is 7.23. The second-order valence-corrected chi connectivity index (χ2v) is 10.5. The number of thioether (sulfide) groups is 1. The molecule has 2 aliphatic rings.